The highest BCUT2D eigenvalue weighted by Crippen LogP contribution is 2.55. The smallest absolute Gasteiger partial charge is 0.252 e. The van der Waals surface area contributed by atoms with Crippen molar-refractivity contribution < 1.29 is 4.42 Å². The third-order valence-corrected chi connectivity index (χ3v) is 13.6. The molecule has 4 nitrogen and oxygen atoms in total. The maximum atomic E-state index is 6.50. The molecule has 0 radical (unpaired) electrons. The van der Waals surface area contributed by atoms with Crippen LogP contribution >= 0.6 is 0 Å². The molecule has 0 amide bonds. The van der Waals surface area contributed by atoms with E-state index >= 15 is 0 Å². The summed E-state index contributed by atoms with van der Waals surface area (Å²) in [5.41, 5.74) is 21.1. The van der Waals surface area contributed by atoms with Crippen LogP contribution in [-0.4, -0.2) is 6.71 Å². The molecule has 13 rings (SSSR count). The maximum absolute atomic E-state index is 6.50. The van der Waals surface area contributed by atoms with Crippen molar-refractivity contribution in [1.29, 1.82) is 0 Å². The van der Waals surface area contributed by atoms with Crippen LogP contribution in [0.2, 0.25) is 0 Å². The first-order valence-electron chi connectivity index (χ1n) is 21.6. The van der Waals surface area contributed by atoms with Crippen molar-refractivity contribution in [3.8, 4) is 11.1 Å². The van der Waals surface area contributed by atoms with Crippen LogP contribution in [0.5, 0.6) is 0 Å². The van der Waals surface area contributed by atoms with Gasteiger partial charge in [0.05, 0.1) is 5.69 Å². The number of furan rings is 1. The number of anilines is 9. The third kappa shape index (κ3) is 4.91. The largest absolute Gasteiger partial charge is 0.456 e. The minimum Gasteiger partial charge on any atom is -0.456 e. The topological polar surface area (TPSA) is 22.9 Å². The van der Waals surface area contributed by atoms with E-state index in [0.717, 1.165) is 44.7 Å². The molecule has 0 saturated heterocycles. The molecule has 1 aromatic heterocycles. The molecule has 0 fully saturated rings. The second-order valence-electron chi connectivity index (χ2n) is 17.3. The summed E-state index contributed by atoms with van der Waals surface area (Å²) < 4.78 is 6.50. The minimum atomic E-state index is -0.149. The predicted octanol–water partition coefficient (Wildman–Crippen LogP) is 13.4. The summed E-state index contributed by atoms with van der Waals surface area (Å²) in [6, 6.07) is 75.4. The number of benzene rings is 9. The quantitative estimate of drug-likeness (QED) is 0.162. The van der Waals surface area contributed by atoms with E-state index in [9.17, 15) is 0 Å². The number of para-hydroxylation sites is 4. The van der Waals surface area contributed by atoms with Gasteiger partial charge in [-0.15, -0.1) is 0 Å². The summed E-state index contributed by atoms with van der Waals surface area (Å²) in [6.45, 7) is 4.73. The summed E-state index contributed by atoms with van der Waals surface area (Å²) in [7, 11) is 0. The fourth-order valence-corrected chi connectivity index (χ4v) is 10.9. The Balaban J connectivity index is 1.09. The molecule has 3 heterocycles. The molecule has 292 valence electrons. The van der Waals surface area contributed by atoms with Crippen LogP contribution in [-0.2, 0) is 5.41 Å². The lowest BCUT2D eigenvalue weighted by atomic mass is 9.33. The van der Waals surface area contributed by atoms with Crippen molar-refractivity contribution in [2.24, 2.45) is 0 Å². The zero-order valence-corrected chi connectivity index (χ0v) is 34.5. The second kappa shape index (κ2) is 13.1. The van der Waals surface area contributed by atoms with Gasteiger partial charge in [-0.1, -0.05) is 135 Å². The number of fused-ring (bicyclic) bond motifs is 10. The van der Waals surface area contributed by atoms with Gasteiger partial charge in [0, 0.05) is 73.3 Å². The highest BCUT2D eigenvalue weighted by molar-refractivity contribution is 7.00. The van der Waals surface area contributed by atoms with E-state index in [1.807, 2.05) is 6.07 Å². The van der Waals surface area contributed by atoms with Gasteiger partial charge in [-0.05, 0) is 112 Å². The molecule has 9 aromatic carbocycles. The van der Waals surface area contributed by atoms with E-state index < -0.39 is 0 Å². The first kappa shape index (κ1) is 35.0. The molecular formula is C57H40BN3O. The average Bonchev–Trinajstić information content (AvgIpc) is 3.81. The van der Waals surface area contributed by atoms with E-state index in [0.29, 0.717) is 0 Å². The summed E-state index contributed by atoms with van der Waals surface area (Å²) in [4.78, 5) is 7.41. The van der Waals surface area contributed by atoms with Gasteiger partial charge in [-0.2, -0.15) is 0 Å². The molecule has 0 spiro atoms. The summed E-state index contributed by atoms with van der Waals surface area (Å²) in [5.74, 6) is 0. The Morgan fingerprint density at radius 2 is 1.05 bits per heavy atom. The molecule has 2 aliphatic heterocycles. The van der Waals surface area contributed by atoms with Gasteiger partial charge in [-0.25, -0.2) is 0 Å². The Kier molecular flexibility index (Phi) is 7.42. The Bertz CT molecular complexity index is 3390. The van der Waals surface area contributed by atoms with Crippen LogP contribution < -0.4 is 31.1 Å². The van der Waals surface area contributed by atoms with Gasteiger partial charge in [0.15, 0.2) is 0 Å². The molecular weight excluding hydrogens is 753 g/mol. The van der Waals surface area contributed by atoms with Crippen molar-refractivity contribution in [2.75, 3.05) is 14.7 Å². The Hall–Kier alpha value is -7.76. The van der Waals surface area contributed by atoms with Crippen LogP contribution in [0.4, 0.5) is 51.2 Å². The van der Waals surface area contributed by atoms with Gasteiger partial charge in [0.25, 0.3) is 6.71 Å². The van der Waals surface area contributed by atoms with Crippen LogP contribution in [0.15, 0.2) is 211 Å². The Morgan fingerprint density at radius 1 is 0.435 bits per heavy atom. The molecule has 1 aliphatic carbocycles. The fourth-order valence-electron chi connectivity index (χ4n) is 10.9. The van der Waals surface area contributed by atoms with Gasteiger partial charge in [0.1, 0.15) is 11.2 Å². The van der Waals surface area contributed by atoms with E-state index in [-0.39, 0.29) is 12.1 Å². The van der Waals surface area contributed by atoms with E-state index in [1.165, 1.54) is 67.1 Å². The number of nitrogens with zero attached hydrogens (tertiary/aromatic N) is 3. The summed E-state index contributed by atoms with van der Waals surface area (Å²) in [6.07, 6.45) is 0. The zero-order chi connectivity index (χ0) is 41.1. The minimum absolute atomic E-state index is 0.00808. The molecule has 0 saturated carbocycles. The molecule has 5 heteroatoms. The number of hydrogen-bond acceptors (Lipinski definition) is 4. The summed E-state index contributed by atoms with van der Waals surface area (Å²) in [5, 5.41) is 2.26. The normalized spacial score (nSPS) is 14.0. The second-order valence-corrected chi connectivity index (χ2v) is 17.3. The molecule has 0 N–H and O–H groups in total. The highest BCUT2D eigenvalue weighted by Gasteiger charge is 2.45. The van der Waals surface area contributed by atoms with Crippen molar-refractivity contribution in [1.82, 2.24) is 0 Å². The first-order valence-corrected chi connectivity index (χ1v) is 21.6. The number of hydrogen-bond donors (Lipinski definition) is 0. The maximum Gasteiger partial charge on any atom is 0.252 e. The number of rotatable bonds is 5. The molecule has 0 atom stereocenters. The third-order valence-electron chi connectivity index (χ3n) is 13.6. The molecule has 0 unspecified atom stereocenters. The lowest BCUT2D eigenvalue weighted by molar-refractivity contribution is 0.660. The first-order chi connectivity index (χ1) is 30.5. The Morgan fingerprint density at radius 3 is 1.87 bits per heavy atom. The van der Waals surface area contributed by atoms with Crippen molar-refractivity contribution in [3.05, 3.63) is 217 Å². The molecule has 3 aliphatic rings. The van der Waals surface area contributed by atoms with Crippen molar-refractivity contribution in [3.63, 3.8) is 0 Å². The van der Waals surface area contributed by atoms with Gasteiger partial charge >= 0.3 is 0 Å². The molecule has 62 heavy (non-hydrogen) atoms. The predicted molar refractivity (Wildman–Crippen MR) is 260 cm³/mol. The lowest BCUT2D eigenvalue weighted by Crippen LogP contribution is -2.61. The summed E-state index contributed by atoms with van der Waals surface area (Å²) >= 11 is 0. The van der Waals surface area contributed by atoms with Crippen LogP contribution in [0, 0.1) is 0 Å². The Labute approximate surface area is 361 Å². The van der Waals surface area contributed by atoms with Gasteiger partial charge in [-0.3, -0.25) is 0 Å². The van der Waals surface area contributed by atoms with E-state index in [1.54, 1.807) is 0 Å². The molecule has 10 aromatic rings. The standard InChI is InChI=1S/C57H40BN3O/c1-57(2)44-23-11-9-22-43(44)55-45(57)24-15-27-49(55)61-51-29-16-28-50-56(51)58(47-34-32-39(35-52(47)61)59(37-17-5-3-6-18-37)38-19-7-4-8-20-38)46-25-12-13-26-48(46)60(50)40-31-33-42-41-21-10-14-30-53(41)62-54(42)36-40/h3-36H,1-2H3. The van der Waals surface area contributed by atoms with E-state index in [4.69, 9.17) is 4.42 Å². The highest BCUT2D eigenvalue weighted by atomic mass is 16.3. The fraction of sp³-hybridized carbons (Fsp3) is 0.0526. The van der Waals surface area contributed by atoms with E-state index in [2.05, 4.69) is 229 Å². The zero-order valence-electron chi connectivity index (χ0n) is 34.5. The van der Waals surface area contributed by atoms with Crippen LogP contribution in [0.1, 0.15) is 25.0 Å². The average molecular weight is 794 g/mol. The van der Waals surface area contributed by atoms with Crippen molar-refractivity contribution in [2.45, 2.75) is 19.3 Å². The van der Waals surface area contributed by atoms with Crippen LogP contribution in [0.25, 0.3) is 33.1 Å². The van der Waals surface area contributed by atoms with Crippen LogP contribution in [0.3, 0.4) is 0 Å². The molecule has 0 bridgehead atoms. The SMILES string of the molecule is CC1(C)c2ccccc2-c2c(N3c4cc(N(c5ccccc5)c5ccccc5)ccc4B4c5ccccc5N(c5ccc6c(c5)oc5ccccc56)c5cccc3c54)cccc21. The lowest BCUT2D eigenvalue weighted by Gasteiger charge is -2.44. The monoisotopic (exact) mass is 793 g/mol. The van der Waals surface area contributed by atoms with Crippen molar-refractivity contribution >= 4 is 96.2 Å². The van der Waals surface area contributed by atoms with Gasteiger partial charge < -0.3 is 19.1 Å². The van der Waals surface area contributed by atoms with Gasteiger partial charge in [0.2, 0.25) is 0 Å².